The third-order valence-electron chi connectivity index (χ3n) is 5.24. The molecule has 28 heavy (non-hydrogen) atoms. The highest BCUT2D eigenvalue weighted by atomic mass is 16.2. The van der Waals surface area contributed by atoms with Crippen molar-refractivity contribution in [2.24, 2.45) is 0 Å². The van der Waals surface area contributed by atoms with Crippen LogP contribution in [-0.2, 0) is 0 Å². The van der Waals surface area contributed by atoms with Crippen molar-refractivity contribution in [3.8, 4) is 0 Å². The molecule has 2 amide bonds. The van der Waals surface area contributed by atoms with Crippen LogP contribution in [-0.4, -0.2) is 34.8 Å². The fraction of sp³-hybridized carbons (Fsp3) is 0.435. The first-order valence-corrected chi connectivity index (χ1v) is 10.1. The van der Waals surface area contributed by atoms with Crippen LogP contribution < -0.4 is 5.32 Å². The Morgan fingerprint density at radius 3 is 2.18 bits per heavy atom. The number of carbonyl (C=O) groups is 2. The predicted octanol–water partition coefficient (Wildman–Crippen LogP) is 4.82. The van der Waals surface area contributed by atoms with Gasteiger partial charge in [-0.05, 0) is 47.9 Å². The molecule has 0 bridgehead atoms. The van der Waals surface area contributed by atoms with Crippen LogP contribution in [0.4, 0.5) is 5.69 Å². The van der Waals surface area contributed by atoms with Crippen LogP contribution in [0.15, 0.2) is 36.5 Å². The van der Waals surface area contributed by atoms with Gasteiger partial charge in [-0.2, -0.15) is 0 Å². The topological polar surface area (TPSA) is 62.3 Å². The van der Waals surface area contributed by atoms with E-state index in [4.69, 9.17) is 0 Å². The van der Waals surface area contributed by atoms with E-state index in [0.717, 1.165) is 42.7 Å². The average molecular weight is 380 g/mol. The minimum Gasteiger partial charge on any atom is -0.339 e. The first kappa shape index (κ1) is 20.1. The molecule has 148 valence electrons. The molecule has 1 aliphatic heterocycles. The van der Waals surface area contributed by atoms with Gasteiger partial charge in [-0.1, -0.05) is 45.9 Å². The summed E-state index contributed by atoms with van der Waals surface area (Å²) in [5.41, 5.74) is 3.84. The summed E-state index contributed by atoms with van der Waals surface area (Å²) in [6, 6.07) is 9.41. The van der Waals surface area contributed by atoms with E-state index in [1.54, 1.807) is 12.1 Å². The highest BCUT2D eigenvalue weighted by Crippen LogP contribution is 2.32. The summed E-state index contributed by atoms with van der Waals surface area (Å²) in [5.74, 6) is 0.251. The number of anilines is 1. The Morgan fingerprint density at radius 2 is 1.61 bits per heavy atom. The first-order valence-electron chi connectivity index (χ1n) is 10.1. The second-order valence-electron chi connectivity index (χ2n) is 8.00. The molecule has 0 radical (unpaired) electrons. The normalized spacial score (nSPS) is 14.0. The number of hydrogen-bond donors (Lipinski definition) is 1. The number of carbonyl (C=O) groups excluding carboxylic acids is 2. The maximum atomic E-state index is 13.0. The van der Waals surface area contributed by atoms with Crippen LogP contribution >= 0.6 is 0 Å². The van der Waals surface area contributed by atoms with Gasteiger partial charge in [0.05, 0.1) is 0 Å². The summed E-state index contributed by atoms with van der Waals surface area (Å²) in [5, 5.41) is 3.07. The first-order chi connectivity index (χ1) is 13.4. The molecule has 1 aliphatic rings. The molecule has 3 rings (SSSR count). The Labute approximate surface area is 167 Å². The summed E-state index contributed by atoms with van der Waals surface area (Å²) in [6.45, 7) is 10.0. The number of para-hydroxylation sites is 1. The minimum atomic E-state index is -0.286. The maximum Gasteiger partial charge on any atom is 0.274 e. The van der Waals surface area contributed by atoms with Gasteiger partial charge in [0.1, 0.15) is 5.69 Å². The molecule has 0 atom stereocenters. The zero-order valence-corrected chi connectivity index (χ0v) is 17.2. The molecule has 0 spiro atoms. The van der Waals surface area contributed by atoms with Gasteiger partial charge in [0.2, 0.25) is 0 Å². The van der Waals surface area contributed by atoms with Gasteiger partial charge in [-0.15, -0.1) is 0 Å². The van der Waals surface area contributed by atoms with E-state index in [-0.39, 0.29) is 29.3 Å². The summed E-state index contributed by atoms with van der Waals surface area (Å²) < 4.78 is 0. The molecular weight excluding hydrogens is 350 g/mol. The summed E-state index contributed by atoms with van der Waals surface area (Å²) in [6.07, 6.45) is 3.61. The highest BCUT2D eigenvalue weighted by Gasteiger charge is 2.22. The Hall–Kier alpha value is -2.69. The standard InChI is InChI=1S/C23H29N3O2/c1-15(2)18-8-7-9-19(16(3)4)21(18)25-22(27)20-14-17(10-11-24-20)23(28)26-12-5-6-13-26/h7-11,14-16H,5-6,12-13H2,1-4H3,(H,25,27). The molecule has 5 heteroatoms. The molecule has 1 N–H and O–H groups in total. The summed E-state index contributed by atoms with van der Waals surface area (Å²) in [4.78, 5) is 31.6. The van der Waals surface area contributed by atoms with E-state index >= 15 is 0 Å². The van der Waals surface area contributed by atoms with Gasteiger partial charge in [-0.25, -0.2) is 0 Å². The fourth-order valence-corrected chi connectivity index (χ4v) is 3.66. The Balaban J connectivity index is 1.88. The zero-order chi connectivity index (χ0) is 20.3. The van der Waals surface area contributed by atoms with Crippen molar-refractivity contribution < 1.29 is 9.59 Å². The Kier molecular flexibility index (Phi) is 6.12. The van der Waals surface area contributed by atoms with Crippen LogP contribution in [0.3, 0.4) is 0 Å². The van der Waals surface area contributed by atoms with E-state index in [9.17, 15) is 9.59 Å². The molecule has 1 fully saturated rings. The van der Waals surface area contributed by atoms with Gasteiger partial charge in [0.25, 0.3) is 11.8 Å². The minimum absolute atomic E-state index is 0.0283. The number of aromatic nitrogens is 1. The smallest absolute Gasteiger partial charge is 0.274 e. The second kappa shape index (κ2) is 8.55. The van der Waals surface area contributed by atoms with E-state index < -0.39 is 0 Å². The number of nitrogens with one attached hydrogen (secondary N) is 1. The highest BCUT2D eigenvalue weighted by molar-refractivity contribution is 6.05. The van der Waals surface area contributed by atoms with E-state index in [2.05, 4.69) is 38.0 Å². The Morgan fingerprint density at radius 1 is 1.00 bits per heavy atom. The lowest BCUT2D eigenvalue weighted by atomic mass is 9.92. The lowest BCUT2D eigenvalue weighted by molar-refractivity contribution is 0.0792. The number of benzene rings is 1. The van der Waals surface area contributed by atoms with Crippen molar-refractivity contribution in [3.63, 3.8) is 0 Å². The molecular formula is C23H29N3O2. The molecule has 1 saturated heterocycles. The lowest BCUT2D eigenvalue weighted by Crippen LogP contribution is -2.28. The number of nitrogens with zero attached hydrogens (tertiary/aromatic N) is 2. The average Bonchev–Trinajstić information content (AvgIpc) is 3.22. The Bertz CT molecular complexity index is 842. The number of rotatable bonds is 5. The van der Waals surface area contributed by atoms with Crippen molar-refractivity contribution in [3.05, 3.63) is 58.9 Å². The van der Waals surface area contributed by atoms with Crippen molar-refractivity contribution >= 4 is 17.5 Å². The van der Waals surface area contributed by atoms with E-state index in [0.29, 0.717) is 5.56 Å². The fourth-order valence-electron chi connectivity index (χ4n) is 3.66. The number of hydrogen-bond acceptors (Lipinski definition) is 3. The van der Waals surface area contributed by atoms with Crippen LogP contribution in [0.25, 0.3) is 0 Å². The SMILES string of the molecule is CC(C)c1cccc(C(C)C)c1NC(=O)c1cc(C(=O)N2CCCC2)ccn1. The quantitative estimate of drug-likeness (QED) is 0.810. The van der Waals surface area contributed by atoms with Gasteiger partial charge in [0.15, 0.2) is 0 Å². The van der Waals surface area contributed by atoms with Crippen molar-refractivity contribution in [1.29, 1.82) is 0 Å². The van der Waals surface area contributed by atoms with Crippen molar-refractivity contribution in [2.75, 3.05) is 18.4 Å². The van der Waals surface area contributed by atoms with E-state index in [1.165, 1.54) is 6.20 Å². The van der Waals surface area contributed by atoms with Crippen LogP contribution in [0.1, 0.15) is 84.3 Å². The lowest BCUT2D eigenvalue weighted by Gasteiger charge is -2.20. The van der Waals surface area contributed by atoms with Gasteiger partial charge >= 0.3 is 0 Å². The van der Waals surface area contributed by atoms with E-state index in [1.807, 2.05) is 23.1 Å². The molecule has 0 saturated carbocycles. The predicted molar refractivity (Wildman–Crippen MR) is 112 cm³/mol. The summed E-state index contributed by atoms with van der Waals surface area (Å²) >= 11 is 0. The molecule has 2 aromatic rings. The molecule has 1 aromatic carbocycles. The number of likely N-dealkylation sites (tertiary alicyclic amines) is 1. The molecule has 2 heterocycles. The van der Waals surface area contributed by atoms with Crippen LogP contribution in [0, 0.1) is 0 Å². The molecule has 0 aliphatic carbocycles. The van der Waals surface area contributed by atoms with Crippen LogP contribution in [0.5, 0.6) is 0 Å². The van der Waals surface area contributed by atoms with Gasteiger partial charge in [0, 0.05) is 30.5 Å². The molecule has 0 unspecified atom stereocenters. The maximum absolute atomic E-state index is 13.0. The number of pyridine rings is 1. The zero-order valence-electron chi connectivity index (χ0n) is 17.2. The van der Waals surface area contributed by atoms with Crippen LogP contribution in [0.2, 0.25) is 0 Å². The number of amides is 2. The van der Waals surface area contributed by atoms with Gasteiger partial charge < -0.3 is 10.2 Å². The third-order valence-corrected chi connectivity index (χ3v) is 5.24. The molecule has 5 nitrogen and oxygen atoms in total. The largest absolute Gasteiger partial charge is 0.339 e. The molecule has 1 aromatic heterocycles. The monoisotopic (exact) mass is 379 g/mol. The third kappa shape index (κ3) is 4.24. The van der Waals surface area contributed by atoms with Gasteiger partial charge in [-0.3, -0.25) is 14.6 Å². The van der Waals surface area contributed by atoms with Crippen molar-refractivity contribution in [2.45, 2.75) is 52.4 Å². The summed E-state index contributed by atoms with van der Waals surface area (Å²) in [7, 11) is 0. The van der Waals surface area contributed by atoms with Crippen molar-refractivity contribution in [1.82, 2.24) is 9.88 Å². The second-order valence-corrected chi connectivity index (χ2v) is 8.00.